The first-order chi connectivity index (χ1) is 9.62. The van der Waals surface area contributed by atoms with Gasteiger partial charge in [0.25, 0.3) is 5.91 Å². The Morgan fingerprint density at radius 2 is 2.30 bits per heavy atom. The average molecular weight is 271 g/mol. The second kappa shape index (κ2) is 7.93. The molecule has 0 saturated heterocycles. The lowest BCUT2D eigenvalue weighted by Gasteiger charge is -2.21. The maximum Gasteiger partial charge on any atom is 0.272 e. The van der Waals surface area contributed by atoms with Gasteiger partial charge in [0.2, 0.25) is 0 Å². The highest BCUT2D eigenvalue weighted by Gasteiger charge is 2.17. The fraction of sp³-hybridized carbons (Fsp3) is 0.400. The van der Waals surface area contributed by atoms with Gasteiger partial charge in [0, 0.05) is 24.8 Å². The third-order valence-electron chi connectivity index (χ3n) is 2.68. The van der Waals surface area contributed by atoms with Crippen LogP contribution in [0.25, 0.3) is 0 Å². The van der Waals surface area contributed by atoms with Crippen molar-refractivity contribution in [2.24, 2.45) is 5.92 Å². The van der Waals surface area contributed by atoms with Crippen LogP contribution in [0.5, 0.6) is 0 Å². The summed E-state index contributed by atoms with van der Waals surface area (Å²) in [5.41, 5.74) is 0.968. The van der Waals surface area contributed by atoms with Crippen LogP contribution in [0.2, 0.25) is 0 Å². The van der Waals surface area contributed by atoms with Crippen molar-refractivity contribution in [3.05, 3.63) is 29.6 Å². The van der Waals surface area contributed by atoms with E-state index in [9.17, 15) is 4.79 Å². The minimum Gasteiger partial charge on any atom is -0.384 e. The predicted octanol–water partition coefficient (Wildman–Crippen LogP) is 1.05. The minimum atomic E-state index is -0.214. The van der Waals surface area contributed by atoms with E-state index in [2.05, 4.69) is 22.9 Å². The van der Waals surface area contributed by atoms with Crippen molar-refractivity contribution >= 4 is 5.91 Å². The van der Waals surface area contributed by atoms with E-state index in [4.69, 9.17) is 10.4 Å². The van der Waals surface area contributed by atoms with Crippen LogP contribution in [0.3, 0.4) is 0 Å². The van der Waals surface area contributed by atoms with Crippen molar-refractivity contribution in [1.29, 1.82) is 5.26 Å². The maximum atomic E-state index is 12.2. The van der Waals surface area contributed by atoms with Gasteiger partial charge in [-0.05, 0) is 26.0 Å². The number of aliphatic hydroxyl groups is 1. The molecular formula is C15H17N3O2. The maximum absolute atomic E-state index is 12.2. The molecule has 0 fully saturated rings. The van der Waals surface area contributed by atoms with Crippen LogP contribution in [0.4, 0.5) is 0 Å². The molecule has 0 aliphatic heterocycles. The van der Waals surface area contributed by atoms with Gasteiger partial charge in [0.05, 0.1) is 12.0 Å². The van der Waals surface area contributed by atoms with E-state index in [1.165, 1.54) is 6.20 Å². The predicted molar refractivity (Wildman–Crippen MR) is 74.6 cm³/mol. The van der Waals surface area contributed by atoms with Crippen molar-refractivity contribution < 1.29 is 9.90 Å². The molecule has 1 atom stereocenters. The van der Waals surface area contributed by atoms with Crippen molar-refractivity contribution in [2.75, 3.05) is 19.7 Å². The van der Waals surface area contributed by atoms with Crippen LogP contribution in [-0.2, 0) is 0 Å². The second-order valence-electron chi connectivity index (χ2n) is 4.27. The number of amides is 1. The summed E-state index contributed by atoms with van der Waals surface area (Å²) in [6, 6.07) is 5.40. The highest BCUT2D eigenvalue weighted by molar-refractivity contribution is 5.92. The molecule has 0 saturated carbocycles. The number of carbonyl (C=O) groups is 1. The van der Waals surface area contributed by atoms with Crippen LogP contribution in [-0.4, -0.2) is 40.6 Å². The minimum absolute atomic E-state index is 0.198. The zero-order chi connectivity index (χ0) is 15.0. The van der Waals surface area contributed by atoms with Crippen LogP contribution < -0.4 is 0 Å². The van der Waals surface area contributed by atoms with Gasteiger partial charge in [0.15, 0.2) is 0 Å². The molecule has 0 aromatic carbocycles. The molecule has 0 spiro atoms. The molecule has 1 rings (SSSR count). The summed E-state index contributed by atoms with van der Waals surface area (Å²) in [6.07, 6.45) is 1.50. The Kier molecular flexibility index (Phi) is 6.22. The molecule has 20 heavy (non-hydrogen) atoms. The number of rotatable bonds is 4. The molecule has 5 nitrogen and oxygen atoms in total. The summed E-state index contributed by atoms with van der Waals surface area (Å²) in [5, 5.41) is 17.4. The molecule has 0 bridgehead atoms. The van der Waals surface area contributed by atoms with Crippen LogP contribution in [0, 0.1) is 29.1 Å². The van der Waals surface area contributed by atoms with E-state index in [1.54, 1.807) is 24.0 Å². The summed E-state index contributed by atoms with van der Waals surface area (Å²) in [5.74, 6) is 4.82. The van der Waals surface area contributed by atoms with Crippen molar-refractivity contribution in [1.82, 2.24) is 9.88 Å². The lowest BCUT2D eigenvalue weighted by molar-refractivity contribution is 0.0747. The highest BCUT2D eigenvalue weighted by atomic mass is 16.2. The monoisotopic (exact) mass is 271 g/mol. The fourth-order valence-corrected chi connectivity index (χ4v) is 1.62. The number of hydrogen-bond acceptors (Lipinski definition) is 4. The Labute approximate surface area is 118 Å². The number of aromatic nitrogens is 1. The van der Waals surface area contributed by atoms with Crippen LogP contribution >= 0.6 is 0 Å². The first kappa shape index (κ1) is 15.7. The van der Waals surface area contributed by atoms with E-state index in [0.717, 1.165) is 0 Å². The summed E-state index contributed by atoms with van der Waals surface area (Å²) < 4.78 is 0. The van der Waals surface area contributed by atoms with E-state index in [0.29, 0.717) is 24.3 Å². The standard InChI is InChI=1S/C15H17N3O2/c1-3-18(11-12(2)9-16)15(20)14-7-6-13(10-17-14)5-4-8-19/h6-7,10,12,19H,3,8,11H2,1-2H3. The molecule has 1 heterocycles. The molecule has 1 aromatic rings. The van der Waals surface area contributed by atoms with Crippen molar-refractivity contribution in [3.8, 4) is 17.9 Å². The van der Waals surface area contributed by atoms with E-state index < -0.39 is 0 Å². The van der Waals surface area contributed by atoms with Crippen LogP contribution in [0.1, 0.15) is 29.9 Å². The third-order valence-corrected chi connectivity index (χ3v) is 2.68. The topological polar surface area (TPSA) is 77.2 Å². The van der Waals surface area contributed by atoms with Gasteiger partial charge in [-0.25, -0.2) is 4.98 Å². The van der Waals surface area contributed by atoms with Crippen molar-refractivity contribution in [2.45, 2.75) is 13.8 Å². The molecule has 1 amide bonds. The Balaban J connectivity index is 2.83. The zero-order valence-corrected chi connectivity index (χ0v) is 11.6. The molecule has 1 unspecified atom stereocenters. The summed E-state index contributed by atoms with van der Waals surface area (Å²) in [6.45, 7) is 4.34. The lowest BCUT2D eigenvalue weighted by Crippen LogP contribution is -2.34. The third kappa shape index (κ3) is 4.38. The molecule has 0 aliphatic rings. The van der Waals surface area contributed by atoms with Crippen molar-refractivity contribution in [3.63, 3.8) is 0 Å². The Bertz CT molecular complexity index is 549. The lowest BCUT2D eigenvalue weighted by atomic mass is 10.2. The van der Waals surface area contributed by atoms with Gasteiger partial charge >= 0.3 is 0 Å². The number of aliphatic hydroxyl groups excluding tert-OH is 1. The van der Waals surface area contributed by atoms with E-state index in [-0.39, 0.29) is 18.4 Å². The fourth-order valence-electron chi connectivity index (χ4n) is 1.62. The SMILES string of the molecule is CCN(CC(C)C#N)C(=O)c1ccc(C#CCO)cn1. The van der Waals surface area contributed by atoms with E-state index in [1.807, 2.05) is 6.92 Å². The van der Waals surface area contributed by atoms with Gasteiger partial charge < -0.3 is 10.0 Å². The normalized spacial score (nSPS) is 10.9. The zero-order valence-electron chi connectivity index (χ0n) is 11.6. The highest BCUT2D eigenvalue weighted by Crippen LogP contribution is 2.06. The summed E-state index contributed by atoms with van der Waals surface area (Å²) in [7, 11) is 0. The molecule has 0 aliphatic carbocycles. The summed E-state index contributed by atoms with van der Waals surface area (Å²) >= 11 is 0. The molecule has 0 radical (unpaired) electrons. The first-order valence-electron chi connectivity index (χ1n) is 6.37. The second-order valence-corrected chi connectivity index (χ2v) is 4.27. The molecule has 1 N–H and O–H groups in total. The quantitative estimate of drug-likeness (QED) is 0.830. The summed E-state index contributed by atoms with van der Waals surface area (Å²) in [4.78, 5) is 17.9. The smallest absolute Gasteiger partial charge is 0.272 e. The first-order valence-corrected chi connectivity index (χ1v) is 6.37. The molecule has 104 valence electrons. The Hall–Kier alpha value is -2.37. The largest absolute Gasteiger partial charge is 0.384 e. The molecule has 5 heteroatoms. The molecular weight excluding hydrogens is 254 g/mol. The van der Waals surface area contributed by atoms with Gasteiger partial charge in [-0.15, -0.1) is 0 Å². The Morgan fingerprint density at radius 3 is 2.80 bits per heavy atom. The van der Waals surface area contributed by atoms with Gasteiger partial charge in [-0.1, -0.05) is 11.8 Å². The number of carbonyl (C=O) groups excluding carboxylic acids is 1. The average Bonchev–Trinajstić information content (AvgIpc) is 2.50. The number of nitriles is 1. The van der Waals surface area contributed by atoms with Gasteiger partial charge in [-0.2, -0.15) is 5.26 Å². The van der Waals surface area contributed by atoms with Gasteiger partial charge in [0.1, 0.15) is 12.3 Å². The number of hydrogen-bond donors (Lipinski definition) is 1. The number of pyridine rings is 1. The van der Waals surface area contributed by atoms with Gasteiger partial charge in [-0.3, -0.25) is 4.79 Å². The van der Waals surface area contributed by atoms with E-state index >= 15 is 0 Å². The number of nitrogens with zero attached hydrogens (tertiary/aromatic N) is 3. The molecule has 1 aromatic heterocycles. The Morgan fingerprint density at radius 1 is 1.55 bits per heavy atom. The van der Waals surface area contributed by atoms with Crippen LogP contribution in [0.15, 0.2) is 18.3 Å².